The van der Waals surface area contributed by atoms with Crippen molar-refractivity contribution in [3.8, 4) is 0 Å². The number of hydrogen-bond acceptors (Lipinski definition) is 0. The van der Waals surface area contributed by atoms with Gasteiger partial charge < -0.3 is 0 Å². The first kappa shape index (κ1) is 24.0. The fraction of sp³-hybridized carbons (Fsp3) is 0.0270. The van der Waals surface area contributed by atoms with Gasteiger partial charge in [-0.2, -0.15) is 0 Å². The van der Waals surface area contributed by atoms with Crippen LogP contribution in [0.4, 0.5) is 0 Å². The minimum Gasteiger partial charge on any atom is -0.0622 e. The Morgan fingerprint density at radius 2 is 1.05 bits per heavy atom. The van der Waals surface area contributed by atoms with E-state index in [9.17, 15) is 0 Å². The fourth-order valence-electron chi connectivity index (χ4n) is 6.84. The van der Waals surface area contributed by atoms with Crippen LogP contribution in [0.1, 0.15) is 11.1 Å². The van der Waals surface area contributed by atoms with Crippen LogP contribution in [0.2, 0.25) is 6.55 Å². The first-order valence-electron chi connectivity index (χ1n) is 13.6. The molecule has 0 spiro atoms. The van der Waals surface area contributed by atoms with E-state index in [2.05, 4.69) is 170 Å². The Labute approximate surface area is 232 Å². The van der Waals surface area contributed by atoms with E-state index in [1.807, 2.05) is 0 Å². The zero-order valence-corrected chi connectivity index (χ0v) is 23.9. The maximum atomic E-state index is 2.66. The van der Waals surface area contributed by atoms with E-state index in [0.717, 1.165) is 0 Å². The van der Waals surface area contributed by atoms with Gasteiger partial charge in [0, 0.05) is 5.39 Å². The third-order valence-electron chi connectivity index (χ3n) is 8.45. The monoisotopic (exact) mass is 533 g/mol. The summed E-state index contributed by atoms with van der Waals surface area (Å²) in [6, 6.07) is 59.0. The number of rotatable bonds is 5. The lowest BCUT2D eigenvalue weighted by Crippen LogP contribution is -2.53. The second-order valence-corrected chi connectivity index (χ2v) is 21.2. The van der Waals surface area contributed by atoms with E-state index < -0.39 is 14.6 Å². The molecule has 0 N–H and O–H groups in total. The smallest absolute Gasteiger partial charge is 0.0622 e. The average molecular weight is 534 g/mol. The van der Waals surface area contributed by atoms with E-state index in [-0.39, 0.29) is 0 Å². The van der Waals surface area contributed by atoms with Gasteiger partial charge in [-0.25, -0.2) is 0 Å². The summed E-state index contributed by atoms with van der Waals surface area (Å²) in [6.07, 6.45) is 2.51. The second-order valence-electron chi connectivity index (χ2n) is 10.4. The molecule has 0 nitrogen and oxygen atoms in total. The van der Waals surface area contributed by atoms with E-state index in [4.69, 9.17) is 0 Å². The molecule has 6 aromatic carbocycles. The molecule has 186 valence electrons. The van der Waals surface area contributed by atoms with Crippen LogP contribution in [0, 0.1) is 0 Å². The third kappa shape index (κ3) is 3.54. The SMILES string of the molecule is C[Si]1(C(=Cc2ccccc2)c2ccccc2)c2cccc3cccc(c23)[P+]1(c1ccccc1)c1ccccc1. The summed E-state index contributed by atoms with van der Waals surface area (Å²) in [6.45, 7) is 0.545. The Kier molecular flexibility index (Phi) is 5.93. The van der Waals surface area contributed by atoms with Gasteiger partial charge in [-0.15, -0.1) is 0 Å². The predicted octanol–water partition coefficient (Wildman–Crippen LogP) is 7.71. The van der Waals surface area contributed by atoms with Crippen molar-refractivity contribution < 1.29 is 0 Å². The van der Waals surface area contributed by atoms with Crippen LogP contribution in [0.25, 0.3) is 22.0 Å². The summed E-state index contributed by atoms with van der Waals surface area (Å²) in [4.78, 5) is 0. The van der Waals surface area contributed by atoms with Crippen molar-refractivity contribution in [2.75, 3.05) is 0 Å². The molecule has 1 aliphatic rings. The van der Waals surface area contributed by atoms with Crippen LogP contribution in [-0.2, 0) is 0 Å². The summed E-state index contributed by atoms with van der Waals surface area (Å²) < 4.78 is 0. The molecule has 1 atom stereocenters. The van der Waals surface area contributed by atoms with Gasteiger partial charge in [0.25, 0.3) is 0 Å². The molecule has 2 heteroatoms. The summed E-state index contributed by atoms with van der Waals surface area (Å²) in [7, 11) is -2.53. The molecular weight excluding hydrogens is 503 g/mol. The molecule has 0 aliphatic carbocycles. The van der Waals surface area contributed by atoms with Gasteiger partial charge >= 0.3 is 7.74 Å². The first-order valence-corrected chi connectivity index (χ1v) is 18.7. The molecule has 0 saturated carbocycles. The second kappa shape index (κ2) is 9.61. The Morgan fingerprint density at radius 3 is 1.64 bits per heavy atom. The van der Waals surface area contributed by atoms with Crippen LogP contribution in [-0.4, -0.2) is 7.74 Å². The van der Waals surface area contributed by atoms with Crippen molar-refractivity contribution in [3.63, 3.8) is 0 Å². The quantitative estimate of drug-likeness (QED) is 0.121. The van der Waals surface area contributed by atoms with Crippen LogP contribution in [0.5, 0.6) is 0 Å². The summed E-state index contributed by atoms with van der Waals surface area (Å²) in [5.74, 6) is 0. The van der Waals surface area contributed by atoms with Gasteiger partial charge in [0.15, 0.2) is 0 Å². The van der Waals surface area contributed by atoms with Gasteiger partial charge in [-0.05, 0) is 63.8 Å². The highest BCUT2D eigenvalue weighted by Crippen LogP contribution is 2.70. The Morgan fingerprint density at radius 1 is 0.538 bits per heavy atom. The van der Waals surface area contributed by atoms with Crippen molar-refractivity contribution >= 4 is 57.7 Å². The van der Waals surface area contributed by atoms with Gasteiger partial charge in [-0.3, -0.25) is 0 Å². The largest absolute Gasteiger partial charge is 0.307 e. The highest BCUT2D eigenvalue weighted by atomic mass is 31.4. The summed E-state index contributed by atoms with van der Waals surface area (Å²) >= 11 is 0. The standard InChI is InChI=1S/C37H30PSi/c1-39(36(30-18-8-3-9-19-30)28-29-16-6-2-7-17-29)35-27-15-21-31-20-14-26-34(37(31)35)38(39,32-22-10-4-11-23-32)33-24-12-5-13-25-33/h2-28H,1H3/q+1. The highest BCUT2D eigenvalue weighted by Gasteiger charge is 2.70. The zero-order valence-electron chi connectivity index (χ0n) is 22.0. The van der Waals surface area contributed by atoms with E-state index in [0.29, 0.717) is 0 Å². The zero-order chi connectivity index (χ0) is 26.3. The highest BCUT2D eigenvalue weighted by molar-refractivity contribution is 8.26. The number of benzene rings is 6. The van der Waals surface area contributed by atoms with Crippen molar-refractivity contribution in [2.45, 2.75) is 6.55 Å². The molecule has 6 aromatic rings. The van der Waals surface area contributed by atoms with Crippen LogP contribution < -0.4 is 21.1 Å². The molecule has 7 rings (SSSR count). The molecule has 1 heterocycles. The van der Waals surface area contributed by atoms with Crippen molar-refractivity contribution in [1.82, 2.24) is 0 Å². The average Bonchev–Trinajstić information content (AvgIpc) is 3.25. The summed E-state index contributed by atoms with van der Waals surface area (Å²) in [5, 5.41) is 10.4. The first-order chi connectivity index (χ1) is 19.2. The molecule has 39 heavy (non-hydrogen) atoms. The lowest BCUT2D eigenvalue weighted by molar-refractivity contribution is 1.63. The third-order valence-corrected chi connectivity index (χ3v) is 23.7. The molecule has 0 fully saturated rings. The Hall–Kier alpha value is -4.03. The molecule has 1 aliphatic heterocycles. The van der Waals surface area contributed by atoms with Gasteiger partial charge in [-0.1, -0.05) is 133 Å². The maximum Gasteiger partial charge on any atom is 0.307 e. The van der Waals surface area contributed by atoms with Gasteiger partial charge in [0.1, 0.15) is 0 Å². The molecule has 0 bridgehead atoms. The van der Waals surface area contributed by atoms with E-state index in [1.165, 1.54) is 43.0 Å². The maximum absolute atomic E-state index is 2.66. The van der Waals surface area contributed by atoms with Crippen LogP contribution in [0.3, 0.4) is 0 Å². The van der Waals surface area contributed by atoms with Crippen molar-refractivity contribution in [2.24, 2.45) is 0 Å². The van der Waals surface area contributed by atoms with Crippen LogP contribution in [0.15, 0.2) is 158 Å². The van der Waals surface area contributed by atoms with Crippen molar-refractivity contribution in [3.05, 3.63) is 169 Å². The predicted molar refractivity (Wildman–Crippen MR) is 175 cm³/mol. The van der Waals surface area contributed by atoms with Gasteiger partial charge in [0.2, 0.25) is 0 Å². The topological polar surface area (TPSA) is 0 Å². The van der Waals surface area contributed by atoms with Crippen LogP contribution >= 0.6 is 6.81 Å². The lowest BCUT2D eigenvalue weighted by atomic mass is 10.1. The minimum atomic E-state index is -2.53. The van der Waals surface area contributed by atoms with E-state index >= 15 is 0 Å². The number of hydrogen-bond donors (Lipinski definition) is 0. The minimum absolute atomic E-state index is 1.26. The molecule has 0 aromatic heterocycles. The summed E-state index contributed by atoms with van der Waals surface area (Å²) in [5.41, 5.74) is 2.59. The molecule has 1 unspecified atom stereocenters. The molecular formula is C37H30PSi+. The molecule has 0 saturated heterocycles. The Balaban J connectivity index is 1.70. The lowest BCUT2D eigenvalue weighted by Gasteiger charge is -2.38. The van der Waals surface area contributed by atoms with E-state index in [1.54, 1.807) is 5.19 Å². The molecule has 0 radical (unpaired) electrons. The van der Waals surface area contributed by atoms with Crippen molar-refractivity contribution in [1.29, 1.82) is 0 Å². The van der Waals surface area contributed by atoms with Gasteiger partial charge in [0.05, 0.1) is 22.7 Å². The normalized spacial score (nSPS) is 17.8. The fourth-order valence-corrected chi connectivity index (χ4v) is 24.1. The Bertz CT molecular complexity index is 1750. The molecule has 0 amide bonds.